The van der Waals surface area contributed by atoms with Crippen LogP contribution in [-0.2, 0) is 21.2 Å². The molecular weight excluding hydrogens is 361 g/mol. The molecule has 0 radical (unpaired) electrons. The van der Waals surface area contributed by atoms with E-state index in [1.54, 1.807) is 18.2 Å². The van der Waals surface area contributed by atoms with Crippen LogP contribution in [-0.4, -0.2) is 26.1 Å². The molecule has 1 aliphatic carbocycles. The molecule has 0 aromatic heterocycles. The van der Waals surface area contributed by atoms with E-state index in [2.05, 4.69) is 4.72 Å². The van der Waals surface area contributed by atoms with Crippen LogP contribution in [0.2, 0.25) is 0 Å². The van der Waals surface area contributed by atoms with Gasteiger partial charge in [0.1, 0.15) is 11.6 Å². The minimum Gasteiger partial charge on any atom is -0.482 e. The smallest absolute Gasteiger partial charge is 0.341 e. The molecule has 2 aromatic carbocycles. The standard InChI is InChI=1S/C18H18FNO5S/c19-12-7-9-13(10-8-12)26(23,24)20-16-5-1-4-15-14(16)3-2-6-17(15)25-11-18(21)22/h2-3,6-10,16,20H,1,4-5,11H2,(H,21,22). The Morgan fingerprint density at radius 3 is 2.65 bits per heavy atom. The number of carbonyl (C=O) groups is 1. The Bertz CT molecular complexity index is 912. The minimum absolute atomic E-state index is 0.00990. The number of aliphatic carboxylic acids is 1. The van der Waals surface area contributed by atoms with Crippen LogP contribution in [0.3, 0.4) is 0 Å². The van der Waals surface area contributed by atoms with E-state index in [0.717, 1.165) is 29.7 Å². The molecule has 8 heteroatoms. The molecule has 1 aliphatic rings. The Kier molecular flexibility index (Phi) is 5.24. The number of hydrogen-bond donors (Lipinski definition) is 2. The summed E-state index contributed by atoms with van der Waals surface area (Å²) in [6.45, 7) is -0.456. The van der Waals surface area contributed by atoms with Crippen molar-refractivity contribution in [1.29, 1.82) is 0 Å². The number of carboxylic acid groups (broad SMARTS) is 1. The molecule has 0 fully saturated rings. The van der Waals surface area contributed by atoms with Crippen molar-refractivity contribution in [1.82, 2.24) is 4.72 Å². The van der Waals surface area contributed by atoms with Gasteiger partial charge in [0.05, 0.1) is 4.90 Å². The van der Waals surface area contributed by atoms with Crippen LogP contribution in [0.4, 0.5) is 4.39 Å². The normalized spacial score (nSPS) is 16.7. The molecule has 0 heterocycles. The molecule has 26 heavy (non-hydrogen) atoms. The largest absolute Gasteiger partial charge is 0.482 e. The fourth-order valence-corrected chi connectivity index (χ4v) is 4.33. The topological polar surface area (TPSA) is 92.7 Å². The molecule has 1 unspecified atom stereocenters. The third kappa shape index (κ3) is 4.03. The molecule has 0 saturated carbocycles. The lowest BCUT2D eigenvalue weighted by molar-refractivity contribution is -0.139. The first-order valence-corrected chi connectivity index (χ1v) is 9.59. The molecule has 2 aromatic rings. The second-order valence-corrected chi connectivity index (χ2v) is 7.74. The maximum absolute atomic E-state index is 13.0. The van der Waals surface area contributed by atoms with Crippen molar-refractivity contribution in [3.63, 3.8) is 0 Å². The van der Waals surface area contributed by atoms with Gasteiger partial charge in [-0.15, -0.1) is 0 Å². The lowest BCUT2D eigenvalue weighted by Gasteiger charge is -2.27. The minimum atomic E-state index is -3.81. The van der Waals surface area contributed by atoms with Gasteiger partial charge in [-0.1, -0.05) is 12.1 Å². The van der Waals surface area contributed by atoms with E-state index in [4.69, 9.17) is 9.84 Å². The van der Waals surface area contributed by atoms with Gasteiger partial charge >= 0.3 is 5.97 Å². The Balaban J connectivity index is 1.86. The third-order valence-electron chi connectivity index (χ3n) is 4.24. The molecule has 0 saturated heterocycles. The number of rotatable bonds is 6. The highest BCUT2D eigenvalue weighted by Crippen LogP contribution is 2.36. The van der Waals surface area contributed by atoms with E-state index in [9.17, 15) is 17.6 Å². The zero-order valence-corrected chi connectivity index (χ0v) is 14.6. The lowest BCUT2D eigenvalue weighted by Crippen LogP contribution is -2.31. The number of nitrogens with one attached hydrogen (secondary N) is 1. The zero-order chi connectivity index (χ0) is 18.7. The monoisotopic (exact) mass is 379 g/mol. The average molecular weight is 379 g/mol. The number of ether oxygens (including phenoxy) is 1. The van der Waals surface area contributed by atoms with Crippen molar-refractivity contribution in [2.45, 2.75) is 30.2 Å². The van der Waals surface area contributed by atoms with E-state index < -0.39 is 34.5 Å². The average Bonchev–Trinajstić information content (AvgIpc) is 2.60. The van der Waals surface area contributed by atoms with E-state index in [0.29, 0.717) is 18.6 Å². The molecule has 1 atom stereocenters. The van der Waals surface area contributed by atoms with Crippen LogP contribution in [0.1, 0.15) is 30.0 Å². The Labute approximate surface area is 150 Å². The summed E-state index contributed by atoms with van der Waals surface area (Å²) in [5.74, 6) is -1.13. The van der Waals surface area contributed by atoms with E-state index >= 15 is 0 Å². The van der Waals surface area contributed by atoms with Gasteiger partial charge in [0, 0.05) is 6.04 Å². The highest BCUT2D eigenvalue weighted by atomic mass is 32.2. The van der Waals surface area contributed by atoms with Crippen molar-refractivity contribution in [2.75, 3.05) is 6.61 Å². The number of carboxylic acids is 1. The molecule has 0 bridgehead atoms. The van der Waals surface area contributed by atoms with Crippen LogP contribution >= 0.6 is 0 Å². The summed E-state index contributed by atoms with van der Waals surface area (Å²) in [5.41, 5.74) is 1.58. The summed E-state index contributed by atoms with van der Waals surface area (Å²) in [6.07, 6.45) is 2.02. The van der Waals surface area contributed by atoms with E-state index in [1.165, 1.54) is 12.1 Å². The van der Waals surface area contributed by atoms with Crippen LogP contribution in [0.15, 0.2) is 47.4 Å². The first-order valence-electron chi connectivity index (χ1n) is 8.11. The highest BCUT2D eigenvalue weighted by Gasteiger charge is 2.27. The molecular formula is C18H18FNO5S. The quantitative estimate of drug-likeness (QED) is 0.805. The van der Waals surface area contributed by atoms with Crippen LogP contribution in [0.5, 0.6) is 5.75 Å². The molecule has 138 valence electrons. The Hall–Kier alpha value is -2.45. The molecule has 0 spiro atoms. The predicted molar refractivity (Wildman–Crippen MR) is 92.0 cm³/mol. The van der Waals surface area contributed by atoms with Gasteiger partial charge in [-0.05, 0) is 60.7 Å². The fourth-order valence-electron chi connectivity index (χ4n) is 3.08. The van der Waals surface area contributed by atoms with Gasteiger partial charge in [-0.2, -0.15) is 0 Å². The Morgan fingerprint density at radius 1 is 1.23 bits per heavy atom. The SMILES string of the molecule is O=C(O)COc1cccc2c1CCCC2NS(=O)(=O)c1ccc(F)cc1. The maximum atomic E-state index is 13.0. The Morgan fingerprint density at radius 2 is 1.96 bits per heavy atom. The van der Waals surface area contributed by atoms with Gasteiger partial charge in [0.2, 0.25) is 10.0 Å². The summed E-state index contributed by atoms with van der Waals surface area (Å²) in [4.78, 5) is 10.7. The van der Waals surface area contributed by atoms with E-state index in [1.807, 2.05) is 0 Å². The fraction of sp³-hybridized carbons (Fsp3) is 0.278. The summed E-state index contributed by atoms with van der Waals surface area (Å²) >= 11 is 0. The maximum Gasteiger partial charge on any atom is 0.341 e. The summed E-state index contributed by atoms with van der Waals surface area (Å²) in [6, 6.07) is 9.37. The number of hydrogen-bond acceptors (Lipinski definition) is 4. The van der Waals surface area contributed by atoms with Gasteiger partial charge in [0.25, 0.3) is 0 Å². The van der Waals surface area contributed by atoms with Gasteiger partial charge in [0.15, 0.2) is 6.61 Å². The number of benzene rings is 2. The first kappa shape index (κ1) is 18.3. The number of sulfonamides is 1. The van der Waals surface area contributed by atoms with Crippen LogP contribution in [0.25, 0.3) is 0 Å². The van der Waals surface area contributed by atoms with Crippen LogP contribution in [0, 0.1) is 5.82 Å². The molecule has 2 N–H and O–H groups in total. The van der Waals surface area contributed by atoms with Crippen molar-refractivity contribution in [3.05, 3.63) is 59.4 Å². The second-order valence-electron chi connectivity index (χ2n) is 6.03. The summed E-state index contributed by atoms with van der Waals surface area (Å²) in [7, 11) is -3.81. The first-order chi connectivity index (χ1) is 12.4. The second kappa shape index (κ2) is 7.43. The van der Waals surface area contributed by atoms with E-state index in [-0.39, 0.29) is 4.90 Å². The number of fused-ring (bicyclic) bond motifs is 1. The van der Waals surface area contributed by atoms with Crippen molar-refractivity contribution < 1.29 is 27.4 Å². The highest BCUT2D eigenvalue weighted by molar-refractivity contribution is 7.89. The van der Waals surface area contributed by atoms with Gasteiger partial charge in [-0.25, -0.2) is 22.3 Å². The van der Waals surface area contributed by atoms with Gasteiger partial charge in [-0.3, -0.25) is 0 Å². The molecule has 6 nitrogen and oxygen atoms in total. The number of halogens is 1. The molecule has 3 rings (SSSR count). The molecule has 0 aliphatic heterocycles. The summed E-state index contributed by atoms with van der Waals surface area (Å²) < 4.78 is 46.2. The molecule has 0 amide bonds. The zero-order valence-electron chi connectivity index (χ0n) is 13.8. The summed E-state index contributed by atoms with van der Waals surface area (Å²) in [5, 5.41) is 8.79. The van der Waals surface area contributed by atoms with Crippen LogP contribution < -0.4 is 9.46 Å². The lowest BCUT2D eigenvalue weighted by atomic mass is 9.87. The van der Waals surface area contributed by atoms with Crippen molar-refractivity contribution in [2.24, 2.45) is 0 Å². The third-order valence-corrected chi connectivity index (χ3v) is 5.72. The van der Waals surface area contributed by atoms with Crippen molar-refractivity contribution >= 4 is 16.0 Å². The van der Waals surface area contributed by atoms with Gasteiger partial charge < -0.3 is 9.84 Å². The van der Waals surface area contributed by atoms with Crippen molar-refractivity contribution in [3.8, 4) is 5.75 Å². The predicted octanol–water partition coefficient (Wildman–Crippen LogP) is 2.65.